The summed E-state index contributed by atoms with van der Waals surface area (Å²) < 4.78 is 5.55. The highest BCUT2D eigenvalue weighted by atomic mass is 16.6. The van der Waals surface area contributed by atoms with E-state index in [0.29, 0.717) is 18.4 Å². The zero-order chi connectivity index (χ0) is 15.5. The monoisotopic (exact) mass is 302 g/mol. The Kier molecular flexibility index (Phi) is 4.67. The molecule has 0 radical (unpaired) electrons. The van der Waals surface area contributed by atoms with Gasteiger partial charge in [-0.25, -0.2) is 4.79 Å². The van der Waals surface area contributed by atoms with Crippen molar-refractivity contribution < 1.29 is 9.53 Å². The fraction of sp³-hybridized carbons (Fsp3) is 0.611. The molecule has 3 aliphatic rings. The Hall–Kier alpha value is -1.55. The first-order chi connectivity index (χ1) is 10.6. The van der Waals surface area contributed by atoms with Gasteiger partial charge < -0.3 is 9.64 Å². The molecule has 3 aliphatic heterocycles. The number of ether oxygens (including phenoxy) is 1. The molecule has 120 valence electrons. The molecule has 1 aromatic rings. The fourth-order valence-electron chi connectivity index (χ4n) is 3.55. The van der Waals surface area contributed by atoms with Crippen molar-refractivity contribution in [1.29, 1.82) is 0 Å². The third-order valence-electron chi connectivity index (χ3n) is 4.72. The van der Waals surface area contributed by atoms with Crippen molar-refractivity contribution in [2.75, 3.05) is 31.1 Å². The van der Waals surface area contributed by atoms with E-state index in [9.17, 15) is 4.79 Å². The minimum atomic E-state index is -0.196. The van der Waals surface area contributed by atoms with Crippen LogP contribution in [0.4, 0.5) is 10.5 Å². The Morgan fingerprint density at radius 2 is 1.95 bits per heavy atom. The first-order valence-corrected chi connectivity index (χ1v) is 8.38. The number of amides is 1. The molecule has 0 saturated carbocycles. The molecule has 0 aromatic heterocycles. The van der Waals surface area contributed by atoms with E-state index in [1.54, 1.807) is 0 Å². The third kappa shape index (κ3) is 3.27. The Labute approximate surface area is 133 Å². The Morgan fingerprint density at radius 1 is 1.27 bits per heavy atom. The van der Waals surface area contributed by atoms with Crippen molar-refractivity contribution in [2.24, 2.45) is 11.8 Å². The molecule has 1 atom stereocenters. The summed E-state index contributed by atoms with van der Waals surface area (Å²) >= 11 is 0. The van der Waals surface area contributed by atoms with Gasteiger partial charge in [0.05, 0.1) is 12.6 Å². The van der Waals surface area contributed by atoms with Crippen molar-refractivity contribution in [1.82, 2.24) is 4.90 Å². The van der Waals surface area contributed by atoms with Gasteiger partial charge in [-0.05, 0) is 49.9 Å². The van der Waals surface area contributed by atoms with Crippen LogP contribution in [0.3, 0.4) is 0 Å². The average Bonchev–Trinajstić information content (AvgIpc) is 2.55. The zero-order valence-corrected chi connectivity index (χ0v) is 13.6. The van der Waals surface area contributed by atoms with Crippen LogP contribution in [0.1, 0.15) is 26.7 Å². The van der Waals surface area contributed by atoms with Gasteiger partial charge in [-0.3, -0.25) is 4.90 Å². The lowest BCUT2D eigenvalue weighted by Gasteiger charge is -2.48. The van der Waals surface area contributed by atoms with E-state index in [0.717, 1.165) is 12.2 Å². The second-order valence-corrected chi connectivity index (χ2v) is 6.88. The highest BCUT2D eigenvalue weighted by molar-refractivity contribution is 5.88. The summed E-state index contributed by atoms with van der Waals surface area (Å²) in [5.41, 5.74) is 0.954. The molecule has 22 heavy (non-hydrogen) atoms. The second kappa shape index (κ2) is 6.69. The molecule has 4 nitrogen and oxygen atoms in total. The predicted molar refractivity (Wildman–Crippen MR) is 88.1 cm³/mol. The molecule has 2 bridgehead atoms. The number of hydrogen-bond acceptors (Lipinski definition) is 3. The molecule has 1 unspecified atom stereocenters. The first kappa shape index (κ1) is 15.3. The highest BCUT2D eigenvalue weighted by Gasteiger charge is 2.40. The number of carbonyl (C=O) groups excluding carboxylic acids is 1. The summed E-state index contributed by atoms with van der Waals surface area (Å²) in [4.78, 5) is 17.1. The molecule has 0 spiro atoms. The van der Waals surface area contributed by atoms with Crippen molar-refractivity contribution in [3.05, 3.63) is 30.3 Å². The van der Waals surface area contributed by atoms with E-state index in [2.05, 4.69) is 18.7 Å². The molecule has 3 heterocycles. The van der Waals surface area contributed by atoms with Crippen molar-refractivity contribution >= 4 is 11.8 Å². The maximum Gasteiger partial charge on any atom is 0.414 e. The lowest BCUT2D eigenvalue weighted by molar-refractivity contribution is 0.0771. The summed E-state index contributed by atoms with van der Waals surface area (Å²) in [6.45, 7) is 7.91. The van der Waals surface area contributed by atoms with Crippen molar-refractivity contribution in [3.8, 4) is 0 Å². The minimum Gasteiger partial charge on any atom is -0.449 e. The standard InChI is InChI=1S/C18H26N2O2/c1-14(2)13-22-18(21)20(16-6-4-3-5-7-16)17-12-19-10-8-15(17)9-11-19/h3-7,14-15,17H,8-13H2,1-2H3. The fourth-order valence-corrected chi connectivity index (χ4v) is 3.55. The topological polar surface area (TPSA) is 32.8 Å². The van der Waals surface area contributed by atoms with E-state index in [1.165, 1.54) is 25.9 Å². The van der Waals surface area contributed by atoms with Gasteiger partial charge in [0.15, 0.2) is 0 Å². The van der Waals surface area contributed by atoms with Crippen LogP contribution < -0.4 is 4.90 Å². The molecule has 3 fully saturated rings. The van der Waals surface area contributed by atoms with Gasteiger partial charge in [-0.1, -0.05) is 32.0 Å². The van der Waals surface area contributed by atoms with Gasteiger partial charge in [-0.15, -0.1) is 0 Å². The van der Waals surface area contributed by atoms with E-state index in [1.807, 2.05) is 35.2 Å². The molecule has 4 rings (SSSR count). The van der Waals surface area contributed by atoms with Gasteiger partial charge in [0.1, 0.15) is 0 Å². The molecule has 4 heteroatoms. The number of piperidine rings is 3. The van der Waals surface area contributed by atoms with Crippen LogP contribution in [0.5, 0.6) is 0 Å². The van der Waals surface area contributed by atoms with Crippen molar-refractivity contribution in [3.63, 3.8) is 0 Å². The van der Waals surface area contributed by atoms with E-state index in [-0.39, 0.29) is 12.1 Å². The Morgan fingerprint density at radius 3 is 2.50 bits per heavy atom. The van der Waals surface area contributed by atoms with E-state index < -0.39 is 0 Å². The summed E-state index contributed by atoms with van der Waals surface area (Å²) in [7, 11) is 0. The predicted octanol–water partition coefficient (Wildman–Crippen LogP) is 3.38. The number of fused-ring (bicyclic) bond motifs is 3. The number of nitrogens with zero attached hydrogens (tertiary/aromatic N) is 2. The van der Waals surface area contributed by atoms with Crippen molar-refractivity contribution in [2.45, 2.75) is 32.7 Å². The van der Waals surface area contributed by atoms with Gasteiger partial charge in [0, 0.05) is 12.2 Å². The minimum absolute atomic E-state index is 0.196. The quantitative estimate of drug-likeness (QED) is 0.855. The maximum atomic E-state index is 12.7. The molecular formula is C18H26N2O2. The van der Waals surface area contributed by atoms with E-state index >= 15 is 0 Å². The lowest BCUT2D eigenvalue weighted by Crippen LogP contribution is -2.59. The van der Waals surface area contributed by atoms with E-state index in [4.69, 9.17) is 4.74 Å². The van der Waals surface area contributed by atoms with Gasteiger partial charge in [0.2, 0.25) is 0 Å². The number of benzene rings is 1. The van der Waals surface area contributed by atoms with Gasteiger partial charge in [0.25, 0.3) is 0 Å². The van der Waals surface area contributed by atoms with Crippen LogP contribution in [0.25, 0.3) is 0 Å². The molecular weight excluding hydrogens is 276 g/mol. The van der Waals surface area contributed by atoms with Crippen LogP contribution in [0.15, 0.2) is 30.3 Å². The zero-order valence-electron chi connectivity index (χ0n) is 13.6. The molecule has 0 N–H and O–H groups in total. The summed E-state index contributed by atoms with van der Waals surface area (Å²) in [5, 5.41) is 0. The second-order valence-electron chi connectivity index (χ2n) is 6.88. The summed E-state index contributed by atoms with van der Waals surface area (Å²) in [6, 6.07) is 10.2. The van der Waals surface area contributed by atoms with Gasteiger partial charge in [-0.2, -0.15) is 0 Å². The Bertz CT molecular complexity index is 495. The lowest BCUT2D eigenvalue weighted by atomic mass is 9.83. The third-order valence-corrected chi connectivity index (χ3v) is 4.72. The normalized spacial score (nSPS) is 27.0. The number of rotatable bonds is 4. The largest absolute Gasteiger partial charge is 0.449 e. The van der Waals surface area contributed by atoms with Crippen LogP contribution in [-0.4, -0.2) is 43.3 Å². The Balaban J connectivity index is 1.81. The summed E-state index contributed by atoms with van der Waals surface area (Å²) in [6.07, 6.45) is 2.18. The molecule has 1 aromatic carbocycles. The highest BCUT2D eigenvalue weighted by Crippen LogP contribution is 2.33. The van der Waals surface area contributed by atoms with Crippen LogP contribution in [-0.2, 0) is 4.74 Å². The van der Waals surface area contributed by atoms with Crippen LogP contribution in [0, 0.1) is 11.8 Å². The van der Waals surface area contributed by atoms with Crippen LogP contribution in [0.2, 0.25) is 0 Å². The smallest absolute Gasteiger partial charge is 0.414 e. The number of anilines is 1. The SMILES string of the molecule is CC(C)COC(=O)N(c1ccccc1)C1CN2CCC1CC2. The van der Waals surface area contributed by atoms with Crippen LogP contribution >= 0.6 is 0 Å². The average molecular weight is 302 g/mol. The number of carbonyl (C=O) groups is 1. The molecule has 3 saturated heterocycles. The molecule has 0 aliphatic carbocycles. The first-order valence-electron chi connectivity index (χ1n) is 8.38. The number of para-hydroxylation sites is 1. The number of hydrogen-bond donors (Lipinski definition) is 0. The molecule has 1 amide bonds. The maximum absolute atomic E-state index is 12.7. The summed E-state index contributed by atoms with van der Waals surface area (Å²) in [5.74, 6) is 0.949. The van der Waals surface area contributed by atoms with Gasteiger partial charge >= 0.3 is 6.09 Å².